The smallest absolute Gasteiger partial charge is 0.416 e. The van der Waals surface area contributed by atoms with Crippen LogP contribution >= 0.6 is 0 Å². The second kappa shape index (κ2) is 9.79. The number of hydrogen-bond acceptors (Lipinski definition) is 4. The molecular formula is C25H26F3N3O2. The third-order valence-electron chi connectivity index (χ3n) is 5.67. The number of carbonyl (C=O) groups excluding carboxylic acids is 1. The number of nitrogens with zero attached hydrogens (tertiary/aromatic N) is 3. The normalized spacial score (nSPS) is 14.3. The van der Waals surface area contributed by atoms with Crippen LogP contribution in [0.15, 0.2) is 59.2 Å². The summed E-state index contributed by atoms with van der Waals surface area (Å²) in [7, 11) is 0. The van der Waals surface area contributed by atoms with Gasteiger partial charge in [-0.1, -0.05) is 48.0 Å². The number of oxazole rings is 1. The predicted molar refractivity (Wildman–Crippen MR) is 117 cm³/mol. The minimum atomic E-state index is -4.40. The van der Waals surface area contributed by atoms with Crippen LogP contribution in [0.4, 0.5) is 13.2 Å². The van der Waals surface area contributed by atoms with Gasteiger partial charge in [0.2, 0.25) is 5.89 Å². The van der Waals surface area contributed by atoms with E-state index in [1.165, 1.54) is 18.4 Å². The van der Waals surface area contributed by atoms with Crippen molar-refractivity contribution in [1.29, 1.82) is 0 Å². The SMILES string of the molecule is Cc1cccc(CN(Cc2cccc(C(F)(F)F)c2)Cc2nc(C(=O)N3CCCC3)co2)c1. The lowest BCUT2D eigenvalue weighted by Gasteiger charge is -2.22. The first-order valence-electron chi connectivity index (χ1n) is 11.0. The van der Waals surface area contributed by atoms with Gasteiger partial charge in [0.05, 0.1) is 12.1 Å². The van der Waals surface area contributed by atoms with Gasteiger partial charge in [-0.25, -0.2) is 4.98 Å². The molecule has 2 aromatic carbocycles. The largest absolute Gasteiger partial charge is 0.447 e. The highest BCUT2D eigenvalue weighted by molar-refractivity contribution is 5.92. The molecule has 2 heterocycles. The summed E-state index contributed by atoms with van der Waals surface area (Å²) in [5, 5.41) is 0. The fourth-order valence-electron chi connectivity index (χ4n) is 4.10. The summed E-state index contributed by atoms with van der Waals surface area (Å²) < 4.78 is 45.1. The lowest BCUT2D eigenvalue weighted by Crippen LogP contribution is -2.28. The van der Waals surface area contributed by atoms with Gasteiger partial charge in [0.1, 0.15) is 6.26 Å². The number of halogens is 3. The second-order valence-corrected chi connectivity index (χ2v) is 8.46. The average Bonchev–Trinajstić information content (AvgIpc) is 3.45. The number of carbonyl (C=O) groups is 1. The van der Waals surface area contributed by atoms with Gasteiger partial charge in [0.15, 0.2) is 5.69 Å². The molecular weight excluding hydrogens is 431 g/mol. The summed E-state index contributed by atoms with van der Waals surface area (Å²) >= 11 is 0. The van der Waals surface area contributed by atoms with E-state index in [1.807, 2.05) is 36.1 Å². The van der Waals surface area contributed by atoms with Gasteiger partial charge in [-0.15, -0.1) is 0 Å². The highest BCUT2D eigenvalue weighted by atomic mass is 19.4. The summed E-state index contributed by atoms with van der Waals surface area (Å²) in [6.07, 6.45) is -1.06. The Bertz CT molecular complexity index is 1100. The van der Waals surface area contributed by atoms with Crippen LogP contribution in [-0.2, 0) is 25.8 Å². The minimum absolute atomic E-state index is 0.148. The Morgan fingerprint density at radius 1 is 1.03 bits per heavy atom. The first-order chi connectivity index (χ1) is 15.8. The number of rotatable bonds is 7. The van der Waals surface area contributed by atoms with E-state index in [0.717, 1.165) is 43.1 Å². The Labute approximate surface area is 190 Å². The number of aromatic nitrogens is 1. The molecule has 1 amide bonds. The van der Waals surface area contributed by atoms with Crippen molar-refractivity contribution >= 4 is 5.91 Å². The number of likely N-dealkylation sites (tertiary alicyclic amines) is 1. The Balaban J connectivity index is 1.54. The number of benzene rings is 2. The molecule has 0 radical (unpaired) electrons. The zero-order valence-corrected chi connectivity index (χ0v) is 18.4. The third kappa shape index (κ3) is 6.01. The first kappa shape index (κ1) is 23.0. The summed E-state index contributed by atoms with van der Waals surface area (Å²) in [4.78, 5) is 20.7. The molecule has 0 atom stereocenters. The van der Waals surface area contributed by atoms with Crippen molar-refractivity contribution in [3.63, 3.8) is 0 Å². The van der Waals surface area contributed by atoms with Crippen molar-refractivity contribution in [3.05, 3.63) is 88.6 Å². The van der Waals surface area contributed by atoms with Crippen molar-refractivity contribution in [1.82, 2.24) is 14.8 Å². The first-order valence-corrected chi connectivity index (χ1v) is 11.0. The van der Waals surface area contributed by atoms with E-state index < -0.39 is 11.7 Å². The van der Waals surface area contributed by atoms with Crippen molar-refractivity contribution < 1.29 is 22.4 Å². The average molecular weight is 457 g/mol. The van der Waals surface area contributed by atoms with Gasteiger partial charge in [-0.2, -0.15) is 13.2 Å². The fraction of sp³-hybridized carbons (Fsp3) is 0.360. The highest BCUT2D eigenvalue weighted by Crippen LogP contribution is 2.30. The molecule has 4 rings (SSSR count). The molecule has 1 aliphatic rings. The van der Waals surface area contributed by atoms with Crippen LogP contribution in [0, 0.1) is 6.92 Å². The number of amides is 1. The molecule has 5 nitrogen and oxygen atoms in total. The minimum Gasteiger partial charge on any atom is -0.447 e. The van der Waals surface area contributed by atoms with Gasteiger partial charge >= 0.3 is 6.18 Å². The monoisotopic (exact) mass is 457 g/mol. The van der Waals surface area contributed by atoms with Gasteiger partial charge in [0.25, 0.3) is 5.91 Å². The lowest BCUT2D eigenvalue weighted by atomic mass is 10.1. The zero-order valence-electron chi connectivity index (χ0n) is 18.4. The quantitative estimate of drug-likeness (QED) is 0.474. The molecule has 1 fully saturated rings. The molecule has 0 unspecified atom stereocenters. The zero-order chi connectivity index (χ0) is 23.4. The van der Waals surface area contributed by atoms with Crippen LogP contribution in [0.3, 0.4) is 0 Å². The summed E-state index contributed by atoms with van der Waals surface area (Å²) in [6, 6.07) is 13.3. The molecule has 0 bridgehead atoms. The highest BCUT2D eigenvalue weighted by Gasteiger charge is 2.30. The predicted octanol–water partition coefficient (Wildman–Crippen LogP) is 5.44. The molecule has 174 valence electrons. The maximum absolute atomic E-state index is 13.2. The molecule has 0 N–H and O–H groups in total. The summed E-state index contributed by atoms with van der Waals surface area (Å²) in [5.41, 5.74) is 2.26. The number of alkyl halides is 3. The molecule has 1 aliphatic heterocycles. The molecule has 1 saturated heterocycles. The topological polar surface area (TPSA) is 49.6 Å². The van der Waals surface area contributed by atoms with Crippen molar-refractivity contribution in [2.45, 2.75) is 45.6 Å². The van der Waals surface area contributed by atoms with Gasteiger partial charge in [-0.3, -0.25) is 9.69 Å². The van der Waals surface area contributed by atoms with Gasteiger partial charge < -0.3 is 9.32 Å². The van der Waals surface area contributed by atoms with Crippen LogP contribution in [-0.4, -0.2) is 33.8 Å². The number of hydrogen-bond donors (Lipinski definition) is 0. The second-order valence-electron chi connectivity index (χ2n) is 8.46. The Morgan fingerprint density at radius 2 is 1.70 bits per heavy atom. The molecule has 0 spiro atoms. The Morgan fingerprint density at radius 3 is 2.36 bits per heavy atom. The summed E-state index contributed by atoms with van der Waals surface area (Å²) in [6.45, 7) is 4.46. The van der Waals surface area contributed by atoms with Crippen LogP contribution < -0.4 is 0 Å². The molecule has 3 aromatic rings. The van der Waals surface area contributed by atoms with Crippen molar-refractivity contribution in [2.24, 2.45) is 0 Å². The maximum atomic E-state index is 13.2. The molecule has 8 heteroatoms. The Kier molecular flexibility index (Phi) is 6.83. The van der Waals surface area contributed by atoms with Gasteiger partial charge in [-0.05, 0) is 37.0 Å². The van der Waals surface area contributed by atoms with E-state index in [-0.39, 0.29) is 24.7 Å². The van der Waals surface area contributed by atoms with Gasteiger partial charge in [0, 0.05) is 26.2 Å². The van der Waals surface area contributed by atoms with Crippen molar-refractivity contribution in [2.75, 3.05) is 13.1 Å². The molecule has 0 saturated carbocycles. The van der Waals surface area contributed by atoms with Crippen LogP contribution in [0.25, 0.3) is 0 Å². The number of aryl methyl sites for hydroxylation is 1. The Hall–Kier alpha value is -3.13. The van der Waals surface area contributed by atoms with Crippen molar-refractivity contribution in [3.8, 4) is 0 Å². The van der Waals surface area contributed by atoms with Crippen LogP contribution in [0.5, 0.6) is 0 Å². The third-order valence-corrected chi connectivity index (χ3v) is 5.67. The van der Waals surface area contributed by atoms with E-state index in [2.05, 4.69) is 4.98 Å². The van der Waals surface area contributed by atoms with Crippen LogP contribution in [0.2, 0.25) is 0 Å². The summed E-state index contributed by atoms with van der Waals surface area (Å²) in [5.74, 6) is 0.211. The molecule has 0 aliphatic carbocycles. The van der Waals surface area contributed by atoms with E-state index >= 15 is 0 Å². The fourth-order valence-corrected chi connectivity index (χ4v) is 4.10. The van der Waals surface area contributed by atoms with E-state index in [0.29, 0.717) is 18.0 Å². The van der Waals surface area contributed by atoms with Crippen LogP contribution in [0.1, 0.15) is 51.5 Å². The lowest BCUT2D eigenvalue weighted by molar-refractivity contribution is -0.137. The van der Waals surface area contributed by atoms with E-state index in [1.54, 1.807) is 11.0 Å². The maximum Gasteiger partial charge on any atom is 0.416 e. The van der Waals surface area contributed by atoms with E-state index in [4.69, 9.17) is 4.42 Å². The molecule has 33 heavy (non-hydrogen) atoms. The molecule has 1 aromatic heterocycles. The standard InChI is InChI=1S/C25H26F3N3O2/c1-18-6-4-7-19(12-18)14-30(15-20-8-5-9-21(13-20)25(26,27)28)16-23-29-22(17-33-23)24(32)31-10-2-3-11-31/h4-9,12-13,17H,2-3,10-11,14-16H2,1H3. The van der Waals surface area contributed by atoms with E-state index in [9.17, 15) is 18.0 Å².